The zero-order valence-electron chi connectivity index (χ0n) is 19.8. The number of furan rings is 1. The van der Waals surface area contributed by atoms with E-state index in [9.17, 15) is 14.4 Å². The SMILES string of the molecule is CC(C)(C)OC(=O)N1CCC(OCC#Cc2ccc3c(C4CCC(=O)NC4=O)coc3c2)CC1. The van der Waals surface area contributed by atoms with Crippen LogP contribution in [-0.2, 0) is 19.1 Å². The summed E-state index contributed by atoms with van der Waals surface area (Å²) in [5.74, 6) is 5.23. The third-order valence-electron chi connectivity index (χ3n) is 5.94. The van der Waals surface area contributed by atoms with Crippen molar-refractivity contribution >= 4 is 28.9 Å². The van der Waals surface area contributed by atoms with Gasteiger partial charge in [-0.25, -0.2) is 4.79 Å². The fraction of sp³-hybridized carbons (Fsp3) is 0.500. The summed E-state index contributed by atoms with van der Waals surface area (Å²) in [6, 6.07) is 5.63. The maximum atomic E-state index is 12.2. The number of nitrogens with zero attached hydrogens (tertiary/aromatic N) is 1. The van der Waals surface area contributed by atoms with Gasteiger partial charge in [-0.15, -0.1) is 0 Å². The normalized spacial score (nSPS) is 19.5. The number of benzene rings is 1. The number of ether oxygens (including phenoxy) is 2. The number of hydrogen-bond donors (Lipinski definition) is 1. The first-order valence-corrected chi connectivity index (χ1v) is 11.6. The second kappa shape index (κ2) is 9.90. The second-order valence-electron chi connectivity index (χ2n) is 9.69. The van der Waals surface area contributed by atoms with Gasteiger partial charge in [-0.3, -0.25) is 14.9 Å². The number of amides is 3. The molecule has 3 amide bonds. The standard InChI is InChI=1S/C26H30N2O6/c1-26(2,3)34-25(31)28-12-10-18(11-13-28)32-14-4-5-17-6-7-19-21(16-33-22(19)15-17)20-8-9-23(29)27-24(20)30/h6-7,15-16,18,20H,8-14H2,1-3H3,(H,27,29,30). The predicted molar refractivity (Wildman–Crippen MR) is 125 cm³/mol. The average Bonchev–Trinajstić information content (AvgIpc) is 3.19. The third kappa shape index (κ3) is 5.78. The van der Waals surface area contributed by atoms with Gasteiger partial charge in [0, 0.05) is 36.0 Å². The van der Waals surface area contributed by atoms with E-state index < -0.39 is 5.60 Å². The van der Waals surface area contributed by atoms with Crippen molar-refractivity contribution in [2.24, 2.45) is 0 Å². The molecule has 0 spiro atoms. The maximum Gasteiger partial charge on any atom is 0.410 e. The van der Waals surface area contributed by atoms with Gasteiger partial charge in [0.1, 0.15) is 17.8 Å². The molecule has 1 N–H and O–H groups in total. The van der Waals surface area contributed by atoms with E-state index in [-0.39, 0.29) is 29.9 Å². The fourth-order valence-electron chi connectivity index (χ4n) is 4.22. The van der Waals surface area contributed by atoms with Gasteiger partial charge in [0.15, 0.2) is 0 Å². The minimum Gasteiger partial charge on any atom is -0.464 e. The number of piperidine rings is 2. The van der Waals surface area contributed by atoms with Gasteiger partial charge in [0.05, 0.1) is 18.3 Å². The predicted octanol–water partition coefficient (Wildman–Crippen LogP) is 3.72. The number of nitrogens with one attached hydrogen (secondary N) is 1. The van der Waals surface area contributed by atoms with Crippen molar-refractivity contribution in [3.63, 3.8) is 0 Å². The largest absolute Gasteiger partial charge is 0.464 e. The van der Waals surface area contributed by atoms with E-state index in [1.165, 1.54) is 0 Å². The summed E-state index contributed by atoms with van der Waals surface area (Å²) in [6.07, 6.45) is 3.69. The molecule has 2 aliphatic rings. The molecule has 2 aromatic rings. The van der Waals surface area contributed by atoms with E-state index in [0.717, 1.165) is 29.4 Å². The molecule has 2 aliphatic heterocycles. The average molecular weight is 467 g/mol. The monoisotopic (exact) mass is 466 g/mol. The molecule has 2 fully saturated rings. The van der Waals surface area contributed by atoms with Crippen molar-refractivity contribution in [2.75, 3.05) is 19.7 Å². The van der Waals surface area contributed by atoms with E-state index >= 15 is 0 Å². The van der Waals surface area contributed by atoms with Crippen LogP contribution in [0, 0.1) is 11.8 Å². The fourth-order valence-corrected chi connectivity index (χ4v) is 4.22. The smallest absolute Gasteiger partial charge is 0.410 e. The van der Waals surface area contributed by atoms with Gasteiger partial charge in [-0.2, -0.15) is 0 Å². The first kappa shape index (κ1) is 23.8. The lowest BCUT2D eigenvalue weighted by Gasteiger charge is -2.33. The Morgan fingerprint density at radius 1 is 1.21 bits per heavy atom. The summed E-state index contributed by atoms with van der Waals surface area (Å²) < 4.78 is 17.0. The topological polar surface area (TPSA) is 98.1 Å². The Kier molecular flexibility index (Phi) is 6.94. The van der Waals surface area contributed by atoms with Crippen LogP contribution in [0.25, 0.3) is 11.0 Å². The molecule has 0 bridgehead atoms. The zero-order valence-corrected chi connectivity index (χ0v) is 19.8. The minimum absolute atomic E-state index is 0.0663. The van der Waals surface area contributed by atoms with Gasteiger partial charge in [0.2, 0.25) is 11.8 Å². The van der Waals surface area contributed by atoms with Crippen molar-refractivity contribution in [3.05, 3.63) is 35.6 Å². The van der Waals surface area contributed by atoms with Crippen LogP contribution >= 0.6 is 0 Å². The third-order valence-corrected chi connectivity index (χ3v) is 5.94. The summed E-state index contributed by atoms with van der Waals surface area (Å²) in [4.78, 5) is 37.5. The van der Waals surface area contributed by atoms with Crippen LogP contribution in [0.2, 0.25) is 0 Å². The van der Waals surface area contributed by atoms with Gasteiger partial charge in [-0.05, 0) is 58.2 Å². The molecule has 0 aliphatic carbocycles. The molecule has 180 valence electrons. The highest BCUT2D eigenvalue weighted by Crippen LogP contribution is 2.32. The molecule has 8 nitrogen and oxygen atoms in total. The molecular weight excluding hydrogens is 436 g/mol. The van der Waals surface area contributed by atoms with Crippen molar-refractivity contribution in [1.82, 2.24) is 10.2 Å². The first-order chi connectivity index (χ1) is 16.2. The molecule has 8 heteroatoms. The highest BCUT2D eigenvalue weighted by atomic mass is 16.6. The summed E-state index contributed by atoms with van der Waals surface area (Å²) in [5.41, 5.74) is 1.74. The summed E-state index contributed by atoms with van der Waals surface area (Å²) in [7, 11) is 0. The molecule has 1 atom stereocenters. The van der Waals surface area contributed by atoms with Crippen LogP contribution in [0.15, 0.2) is 28.9 Å². The van der Waals surface area contributed by atoms with Crippen LogP contribution in [0.1, 0.15) is 63.5 Å². The Bertz CT molecular complexity index is 1140. The van der Waals surface area contributed by atoms with Gasteiger partial charge >= 0.3 is 6.09 Å². The number of carbonyl (C=O) groups excluding carboxylic acids is 3. The Morgan fingerprint density at radius 3 is 2.68 bits per heavy atom. The lowest BCUT2D eigenvalue weighted by Crippen LogP contribution is -2.43. The van der Waals surface area contributed by atoms with Crippen LogP contribution < -0.4 is 5.32 Å². The molecule has 34 heavy (non-hydrogen) atoms. The molecular formula is C26H30N2O6. The van der Waals surface area contributed by atoms with E-state index in [4.69, 9.17) is 13.9 Å². The molecule has 1 unspecified atom stereocenters. The van der Waals surface area contributed by atoms with Crippen molar-refractivity contribution in [1.29, 1.82) is 0 Å². The Morgan fingerprint density at radius 2 is 1.97 bits per heavy atom. The highest BCUT2D eigenvalue weighted by Gasteiger charge is 2.30. The Labute approximate surface area is 198 Å². The van der Waals surface area contributed by atoms with Crippen molar-refractivity contribution < 1.29 is 28.3 Å². The number of carbonyl (C=O) groups is 3. The lowest BCUT2D eigenvalue weighted by molar-refractivity contribution is -0.134. The van der Waals surface area contributed by atoms with E-state index in [2.05, 4.69) is 17.2 Å². The lowest BCUT2D eigenvalue weighted by atomic mass is 9.90. The van der Waals surface area contributed by atoms with Crippen molar-refractivity contribution in [2.45, 2.75) is 64.1 Å². The quantitative estimate of drug-likeness (QED) is 0.547. The Hall–Kier alpha value is -3.31. The molecule has 0 radical (unpaired) electrons. The molecule has 1 aromatic carbocycles. The zero-order chi connectivity index (χ0) is 24.3. The molecule has 0 saturated carbocycles. The van der Waals surface area contributed by atoms with Crippen LogP contribution in [-0.4, -0.2) is 54.2 Å². The number of rotatable bonds is 3. The summed E-state index contributed by atoms with van der Waals surface area (Å²) in [5, 5.41) is 3.25. The molecule has 4 rings (SSSR count). The first-order valence-electron chi connectivity index (χ1n) is 11.6. The van der Waals surface area contributed by atoms with Crippen molar-refractivity contribution in [3.8, 4) is 11.8 Å². The van der Waals surface area contributed by atoms with Gasteiger partial charge in [0.25, 0.3) is 0 Å². The second-order valence-corrected chi connectivity index (χ2v) is 9.69. The summed E-state index contributed by atoms with van der Waals surface area (Å²) in [6.45, 7) is 7.10. The minimum atomic E-state index is -0.495. The Balaban J connectivity index is 1.28. The highest BCUT2D eigenvalue weighted by molar-refractivity contribution is 6.02. The number of fused-ring (bicyclic) bond motifs is 1. The van der Waals surface area contributed by atoms with Gasteiger partial charge < -0.3 is 18.8 Å². The number of hydrogen-bond acceptors (Lipinski definition) is 6. The van der Waals surface area contributed by atoms with Crippen LogP contribution in [0.4, 0.5) is 4.79 Å². The maximum absolute atomic E-state index is 12.2. The van der Waals surface area contributed by atoms with Crippen LogP contribution in [0.3, 0.4) is 0 Å². The molecule has 1 aromatic heterocycles. The number of imide groups is 1. The molecule has 3 heterocycles. The number of likely N-dealkylation sites (tertiary alicyclic amines) is 1. The van der Waals surface area contributed by atoms with Gasteiger partial charge in [-0.1, -0.05) is 11.8 Å². The summed E-state index contributed by atoms with van der Waals surface area (Å²) >= 11 is 0. The van der Waals surface area contributed by atoms with E-state index in [1.807, 2.05) is 39.0 Å². The van der Waals surface area contributed by atoms with Crippen LogP contribution in [0.5, 0.6) is 0 Å². The molecule has 2 saturated heterocycles. The van der Waals surface area contributed by atoms with E-state index in [0.29, 0.717) is 38.1 Å². The van der Waals surface area contributed by atoms with E-state index in [1.54, 1.807) is 11.2 Å².